The summed E-state index contributed by atoms with van der Waals surface area (Å²) in [5.41, 5.74) is 5.90. The molecular formula is C10H10FNO3. The summed E-state index contributed by atoms with van der Waals surface area (Å²) < 4.78 is 18.4. The van der Waals surface area contributed by atoms with Crippen LogP contribution in [-0.4, -0.2) is 17.7 Å². The molecule has 0 amide bonds. The molecule has 4 nitrogen and oxygen atoms in total. The monoisotopic (exact) mass is 211 g/mol. The van der Waals surface area contributed by atoms with Crippen LogP contribution in [0.25, 0.3) is 0 Å². The highest BCUT2D eigenvalue weighted by molar-refractivity contribution is 5.92. The van der Waals surface area contributed by atoms with Gasteiger partial charge in [-0.2, -0.15) is 0 Å². The van der Waals surface area contributed by atoms with Gasteiger partial charge in [0, 0.05) is 18.0 Å². The maximum absolute atomic E-state index is 13.3. The Kier molecular flexibility index (Phi) is 2.32. The van der Waals surface area contributed by atoms with E-state index in [9.17, 15) is 9.18 Å². The van der Waals surface area contributed by atoms with Crippen LogP contribution in [0.5, 0.6) is 5.75 Å². The number of carboxylic acids is 1. The van der Waals surface area contributed by atoms with Gasteiger partial charge in [0.1, 0.15) is 17.1 Å². The fourth-order valence-electron chi connectivity index (χ4n) is 1.66. The Morgan fingerprint density at radius 1 is 1.60 bits per heavy atom. The van der Waals surface area contributed by atoms with Crippen LogP contribution in [-0.2, 0) is 0 Å². The highest BCUT2D eigenvalue weighted by Crippen LogP contribution is 2.34. The van der Waals surface area contributed by atoms with Crippen LogP contribution in [0, 0.1) is 5.82 Å². The van der Waals surface area contributed by atoms with Crippen molar-refractivity contribution in [3.05, 3.63) is 29.1 Å². The fourth-order valence-corrected chi connectivity index (χ4v) is 1.66. The summed E-state index contributed by atoms with van der Waals surface area (Å²) in [5.74, 6) is -2.06. The molecule has 5 heteroatoms. The number of halogens is 1. The lowest BCUT2D eigenvalue weighted by Crippen LogP contribution is -2.22. The summed E-state index contributed by atoms with van der Waals surface area (Å²) in [6.45, 7) is 0.317. The van der Waals surface area contributed by atoms with Crippen molar-refractivity contribution in [2.45, 2.75) is 12.5 Å². The second-order valence-electron chi connectivity index (χ2n) is 3.39. The molecule has 0 saturated heterocycles. The van der Waals surface area contributed by atoms with Crippen LogP contribution < -0.4 is 10.5 Å². The highest BCUT2D eigenvalue weighted by atomic mass is 19.1. The van der Waals surface area contributed by atoms with Gasteiger partial charge in [-0.1, -0.05) is 6.07 Å². The number of nitrogens with two attached hydrogens (primary N) is 1. The van der Waals surface area contributed by atoms with E-state index in [0.29, 0.717) is 18.6 Å². The first-order valence-corrected chi connectivity index (χ1v) is 4.55. The zero-order chi connectivity index (χ0) is 11.0. The SMILES string of the molecule is N[C@H]1CCOc2c1ccc(F)c2C(=O)O. The lowest BCUT2D eigenvalue weighted by Gasteiger charge is -2.24. The average Bonchev–Trinajstić information content (AvgIpc) is 2.17. The van der Waals surface area contributed by atoms with Crippen LogP contribution in [0.15, 0.2) is 12.1 Å². The molecule has 1 aromatic rings. The molecule has 80 valence electrons. The van der Waals surface area contributed by atoms with Crippen molar-refractivity contribution in [1.29, 1.82) is 0 Å². The van der Waals surface area contributed by atoms with Gasteiger partial charge in [-0.05, 0) is 6.07 Å². The molecule has 0 aliphatic carbocycles. The molecule has 0 saturated carbocycles. The summed E-state index contributed by atoms with van der Waals surface area (Å²) in [6, 6.07) is 2.30. The summed E-state index contributed by atoms with van der Waals surface area (Å²) >= 11 is 0. The van der Waals surface area contributed by atoms with E-state index in [4.69, 9.17) is 15.6 Å². The summed E-state index contributed by atoms with van der Waals surface area (Å²) in [6.07, 6.45) is 0.609. The maximum atomic E-state index is 13.3. The van der Waals surface area contributed by atoms with Crippen LogP contribution in [0.2, 0.25) is 0 Å². The largest absolute Gasteiger partial charge is 0.492 e. The number of ether oxygens (including phenoxy) is 1. The molecule has 3 N–H and O–H groups in total. The van der Waals surface area contributed by atoms with Gasteiger partial charge in [-0.15, -0.1) is 0 Å². The van der Waals surface area contributed by atoms with E-state index in [-0.39, 0.29) is 11.8 Å². The fraction of sp³-hybridized carbons (Fsp3) is 0.300. The van der Waals surface area contributed by atoms with E-state index >= 15 is 0 Å². The van der Waals surface area contributed by atoms with Crippen molar-refractivity contribution >= 4 is 5.97 Å². The van der Waals surface area contributed by atoms with Gasteiger partial charge < -0.3 is 15.6 Å². The number of hydrogen-bond acceptors (Lipinski definition) is 3. The van der Waals surface area contributed by atoms with Crippen molar-refractivity contribution in [3.63, 3.8) is 0 Å². The number of carboxylic acid groups (broad SMARTS) is 1. The lowest BCUT2D eigenvalue weighted by molar-refractivity contribution is 0.0685. The Morgan fingerprint density at radius 3 is 3.00 bits per heavy atom. The first-order valence-electron chi connectivity index (χ1n) is 4.55. The third-order valence-electron chi connectivity index (χ3n) is 2.43. The second kappa shape index (κ2) is 3.51. The van der Waals surface area contributed by atoms with Gasteiger partial charge in [0.25, 0.3) is 0 Å². The van der Waals surface area contributed by atoms with E-state index in [1.54, 1.807) is 0 Å². The molecule has 0 aromatic heterocycles. The Balaban J connectivity index is 2.63. The molecule has 1 heterocycles. The van der Waals surface area contributed by atoms with E-state index in [1.807, 2.05) is 0 Å². The number of aromatic carboxylic acids is 1. The first-order chi connectivity index (χ1) is 7.11. The minimum atomic E-state index is -1.33. The average molecular weight is 211 g/mol. The Morgan fingerprint density at radius 2 is 2.33 bits per heavy atom. The molecule has 0 radical (unpaired) electrons. The van der Waals surface area contributed by atoms with Gasteiger partial charge in [0.2, 0.25) is 0 Å². The summed E-state index contributed by atoms with van der Waals surface area (Å²) in [5, 5.41) is 8.85. The number of benzene rings is 1. The van der Waals surface area contributed by atoms with Gasteiger partial charge in [-0.3, -0.25) is 0 Å². The van der Waals surface area contributed by atoms with Crippen molar-refractivity contribution in [1.82, 2.24) is 0 Å². The summed E-state index contributed by atoms with van der Waals surface area (Å²) in [7, 11) is 0. The number of carbonyl (C=O) groups is 1. The van der Waals surface area contributed by atoms with Crippen molar-refractivity contribution in [2.24, 2.45) is 5.73 Å². The molecule has 2 rings (SSSR count). The zero-order valence-electron chi connectivity index (χ0n) is 7.87. The predicted molar refractivity (Wildman–Crippen MR) is 50.4 cm³/mol. The quantitative estimate of drug-likeness (QED) is 0.734. The molecule has 0 fully saturated rings. The minimum Gasteiger partial charge on any atom is -0.492 e. The number of hydrogen-bond donors (Lipinski definition) is 2. The molecule has 1 aromatic carbocycles. The van der Waals surface area contributed by atoms with E-state index in [2.05, 4.69) is 0 Å². The van der Waals surface area contributed by atoms with Gasteiger partial charge in [0.05, 0.1) is 6.61 Å². The molecule has 1 aliphatic rings. The Hall–Kier alpha value is -1.62. The maximum Gasteiger partial charge on any atom is 0.342 e. The third kappa shape index (κ3) is 1.55. The van der Waals surface area contributed by atoms with Gasteiger partial charge in [-0.25, -0.2) is 9.18 Å². The van der Waals surface area contributed by atoms with Crippen LogP contribution in [0.4, 0.5) is 4.39 Å². The summed E-state index contributed by atoms with van der Waals surface area (Å²) in [4.78, 5) is 10.8. The molecule has 0 unspecified atom stereocenters. The van der Waals surface area contributed by atoms with Gasteiger partial charge in [0.15, 0.2) is 0 Å². The van der Waals surface area contributed by atoms with Gasteiger partial charge >= 0.3 is 5.97 Å². The van der Waals surface area contributed by atoms with Crippen LogP contribution in [0.3, 0.4) is 0 Å². The van der Waals surface area contributed by atoms with E-state index in [0.717, 1.165) is 6.07 Å². The topological polar surface area (TPSA) is 72.5 Å². The standard InChI is InChI=1S/C10H10FNO3/c11-6-2-1-5-7(12)3-4-15-9(5)8(6)10(13)14/h1-2,7H,3-4,12H2,(H,13,14)/t7-/m0/s1. The second-order valence-corrected chi connectivity index (χ2v) is 3.39. The molecule has 0 spiro atoms. The Labute approximate surface area is 85.5 Å². The third-order valence-corrected chi connectivity index (χ3v) is 2.43. The molecule has 1 atom stereocenters. The lowest BCUT2D eigenvalue weighted by atomic mass is 9.98. The minimum absolute atomic E-state index is 0.0706. The van der Waals surface area contributed by atoms with Crippen molar-refractivity contribution in [3.8, 4) is 5.75 Å². The molecule has 15 heavy (non-hydrogen) atoms. The van der Waals surface area contributed by atoms with E-state index < -0.39 is 17.3 Å². The van der Waals surface area contributed by atoms with Crippen molar-refractivity contribution in [2.75, 3.05) is 6.61 Å². The highest BCUT2D eigenvalue weighted by Gasteiger charge is 2.26. The Bertz CT molecular complexity index is 419. The zero-order valence-corrected chi connectivity index (χ0v) is 7.87. The van der Waals surface area contributed by atoms with Crippen molar-refractivity contribution < 1.29 is 19.0 Å². The van der Waals surface area contributed by atoms with Crippen LogP contribution >= 0.6 is 0 Å². The van der Waals surface area contributed by atoms with E-state index in [1.165, 1.54) is 6.07 Å². The number of rotatable bonds is 1. The smallest absolute Gasteiger partial charge is 0.342 e. The number of fused-ring (bicyclic) bond motifs is 1. The first kappa shape index (κ1) is 9.92. The molecule has 0 bridgehead atoms. The predicted octanol–water partition coefficient (Wildman–Crippen LogP) is 1.31. The molecular weight excluding hydrogens is 201 g/mol. The van der Waals surface area contributed by atoms with Crippen LogP contribution in [0.1, 0.15) is 28.4 Å². The molecule has 1 aliphatic heterocycles. The normalized spacial score (nSPS) is 19.2.